The number of fused-ring (bicyclic) bond motifs is 1. The van der Waals surface area contributed by atoms with Crippen LogP contribution in [0, 0.1) is 13.8 Å². The van der Waals surface area contributed by atoms with Crippen LogP contribution >= 0.6 is 0 Å². The third-order valence-corrected chi connectivity index (χ3v) is 5.16. The second kappa shape index (κ2) is 8.19. The summed E-state index contributed by atoms with van der Waals surface area (Å²) in [5, 5.41) is 5.90. The highest BCUT2D eigenvalue weighted by Crippen LogP contribution is 2.24. The van der Waals surface area contributed by atoms with Gasteiger partial charge in [-0.15, -0.1) is 0 Å². The SMILES string of the molecule is Cc1cccc(NC(=O)NCCn2c(-c3ccccc3)nc3ccccc32)c1C. The van der Waals surface area contributed by atoms with E-state index in [1.807, 2.05) is 68.4 Å². The van der Waals surface area contributed by atoms with E-state index in [0.29, 0.717) is 13.1 Å². The summed E-state index contributed by atoms with van der Waals surface area (Å²) in [6.07, 6.45) is 0. The topological polar surface area (TPSA) is 59.0 Å². The lowest BCUT2D eigenvalue weighted by Crippen LogP contribution is -2.31. The minimum atomic E-state index is -0.204. The monoisotopic (exact) mass is 384 g/mol. The number of hydrogen-bond acceptors (Lipinski definition) is 2. The van der Waals surface area contributed by atoms with Crippen LogP contribution < -0.4 is 10.6 Å². The number of anilines is 1. The Labute approximate surface area is 170 Å². The molecule has 0 spiro atoms. The number of amides is 2. The molecule has 2 N–H and O–H groups in total. The maximum Gasteiger partial charge on any atom is 0.319 e. The summed E-state index contributed by atoms with van der Waals surface area (Å²) >= 11 is 0. The summed E-state index contributed by atoms with van der Waals surface area (Å²) in [6.45, 7) is 5.17. The molecule has 5 nitrogen and oxygen atoms in total. The van der Waals surface area contributed by atoms with Gasteiger partial charge < -0.3 is 15.2 Å². The van der Waals surface area contributed by atoms with E-state index in [-0.39, 0.29) is 6.03 Å². The number of para-hydroxylation sites is 2. The Morgan fingerprint density at radius 2 is 1.69 bits per heavy atom. The lowest BCUT2D eigenvalue weighted by Gasteiger charge is -2.13. The standard InChI is InChI=1S/C24H24N4O/c1-17-9-8-13-20(18(17)2)27-24(29)25-15-16-28-22-14-7-6-12-21(22)26-23(28)19-10-4-3-5-11-19/h3-14H,15-16H2,1-2H3,(H2,25,27,29). The van der Waals surface area contributed by atoms with E-state index >= 15 is 0 Å². The third kappa shape index (κ3) is 3.99. The molecule has 5 heteroatoms. The number of rotatable bonds is 5. The zero-order chi connectivity index (χ0) is 20.2. The molecule has 0 unspecified atom stereocenters. The maximum atomic E-state index is 12.4. The fourth-order valence-electron chi connectivity index (χ4n) is 3.44. The van der Waals surface area contributed by atoms with Crippen molar-refractivity contribution in [3.8, 4) is 11.4 Å². The first-order chi connectivity index (χ1) is 14.1. The predicted octanol–water partition coefficient (Wildman–Crippen LogP) is 5.14. The van der Waals surface area contributed by atoms with Crippen molar-refractivity contribution < 1.29 is 4.79 Å². The number of aryl methyl sites for hydroxylation is 1. The first-order valence-corrected chi connectivity index (χ1v) is 9.75. The predicted molar refractivity (Wildman–Crippen MR) is 118 cm³/mol. The Morgan fingerprint density at radius 3 is 2.52 bits per heavy atom. The molecule has 4 aromatic rings. The van der Waals surface area contributed by atoms with Crippen LogP contribution in [0.1, 0.15) is 11.1 Å². The number of urea groups is 1. The number of aromatic nitrogens is 2. The summed E-state index contributed by atoms with van der Waals surface area (Å²) in [5.41, 5.74) is 6.13. The molecule has 2 amide bonds. The minimum absolute atomic E-state index is 0.204. The smallest absolute Gasteiger partial charge is 0.319 e. The van der Waals surface area contributed by atoms with Gasteiger partial charge in [0.2, 0.25) is 0 Å². The molecular formula is C24H24N4O. The minimum Gasteiger partial charge on any atom is -0.336 e. The van der Waals surface area contributed by atoms with Gasteiger partial charge in [-0.2, -0.15) is 0 Å². The number of imidazole rings is 1. The Bertz CT molecular complexity index is 1150. The van der Waals surface area contributed by atoms with Gasteiger partial charge >= 0.3 is 6.03 Å². The fourth-order valence-corrected chi connectivity index (χ4v) is 3.44. The molecule has 3 aromatic carbocycles. The summed E-state index contributed by atoms with van der Waals surface area (Å²) in [4.78, 5) is 17.2. The Morgan fingerprint density at radius 1 is 0.931 bits per heavy atom. The highest BCUT2D eigenvalue weighted by atomic mass is 16.2. The van der Waals surface area contributed by atoms with Gasteiger partial charge in [0.15, 0.2) is 0 Å². The molecule has 29 heavy (non-hydrogen) atoms. The molecule has 0 fully saturated rings. The van der Waals surface area contributed by atoms with Gasteiger partial charge in [-0.3, -0.25) is 0 Å². The highest BCUT2D eigenvalue weighted by Gasteiger charge is 2.12. The van der Waals surface area contributed by atoms with Gasteiger partial charge in [0, 0.05) is 24.3 Å². The molecule has 0 aliphatic carbocycles. The third-order valence-electron chi connectivity index (χ3n) is 5.16. The van der Waals surface area contributed by atoms with E-state index in [4.69, 9.17) is 4.98 Å². The molecular weight excluding hydrogens is 360 g/mol. The van der Waals surface area contributed by atoms with Crippen LogP contribution in [0.25, 0.3) is 22.4 Å². The average molecular weight is 384 g/mol. The molecule has 0 aliphatic heterocycles. The van der Waals surface area contributed by atoms with Crippen LogP contribution in [0.5, 0.6) is 0 Å². The lowest BCUT2D eigenvalue weighted by atomic mass is 10.1. The molecule has 4 rings (SSSR count). The quantitative estimate of drug-likeness (QED) is 0.500. The van der Waals surface area contributed by atoms with Crippen LogP contribution in [0.15, 0.2) is 72.8 Å². The van der Waals surface area contributed by atoms with Crippen molar-refractivity contribution >= 4 is 22.8 Å². The maximum absolute atomic E-state index is 12.4. The Hall–Kier alpha value is -3.60. The Kier molecular flexibility index (Phi) is 5.29. The van der Waals surface area contributed by atoms with Crippen LogP contribution in [0.2, 0.25) is 0 Å². The zero-order valence-corrected chi connectivity index (χ0v) is 16.6. The molecule has 0 bridgehead atoms. The summed E-state index contributed by atoms with van der Waals surface area (Å²) in [7, 11) is 0. The van der Waals surface area contributed by atoms with Crippen molar-refractivity contribution in [2.75, 3.05) is 11.9 Å². The zero-order valence-electron chi connectivity index (χ0n) is 16.6. The van der Waals surface area contributed by atoms with Crippen molar-refractivity contribution in [2.45, 2.75) is 20.4 Å². The number of carbonyl (C=O) groups is 1. The fraction of sp³-hybridized carbons (Fsp3) is 0.167. The lowest BCUT2D eigenvalue weighted by molar-refractivity contribution is 0.251. The molecule has 0 aliphatic rings. The van der Waals surface area contributed by atoms with Crippen LogP contribution in [0.4, 0.5) is 10.5 Å². The van der Waals surface area contributed by atoms with Gasteiger partial charge in [-0.1, -0.05) is 54.6 Å². The van der Waals surface area contributed by atoms with Gasteiger partial charge in [0.05, 0.1) is 11.0 Å². The highest BCUT2D eigenvalue weighted by molar-refractivity contribution is 5.90. The largest absolute Gasteiger partial charge is 0.336 e. The molecule has 1 heterocycles. The van der Waals surface area contributed by atoms with Gasteiger partial charge in [0.25, 0.3) is 0 Å². The van der Waals surface area contributed by atoms with Crippen LogP contribution in [-0.2, 0) is 6.54 Å². The normalized spacial score (nSPS) is 10.8. The van der Waals surface area contributed by atoms with E-state index in [9.17, 15) is 4.79 Å². The van der Waals surface area contributed by atoms with E-state index in [0.717, 1.165) is 39.2 Å². The first kappa shape index (κ1) is 18.7. The van der Waals surface area contributed by atoms with Crippen LogP contribution in [-0.4, -0.2) is 22.1 Å². The van der Waals surface area contributed by atoms with Crippen molar-refractivity contribution in [3.05, 3.63) is 83.9 Å². The van der Waals surface area contributed by atoms with E-state index < -0.39 is 0 Å². The molecule has 0 atom stereocenters. The number of nitrogens with one attached hydrogen (secondary N) is 2. The second-order valence-electron chi connectivity index (χ2n) is 7.07. The van der Waals surface area contributed by atoms with Crippen molar-refractivity contribution in [1.82, 2.24) is 14.9 Å². The van der Waals surface area contributed by atoms with Crippen molar-refractivity contribution in [1.29, 1.82) is 0 Å². The first-order valence-electron chi connectivity index (χ1n) is 9.75. The molecule has 0 radical (unpaired) electrons. The van der Waals surface area contributed by atoms with Gasteiger partial charge in [-0.25, -0.2) is 9.78 Å². The second-order valence-corrected chi connectivity index (χ2v) is 7.07. The summed E-state index contributed by atoms with van der Waals surface area (Å²) in [5.74, 6) is 0.906. The molecule has 0 saturated carbocycles. The van der Waals surface area contributed by atoms with Gasteiger partial charge in [-0.05, 0) is 43.2 Å². The summed E-state index contributed by atoms with van der Waals surface area (Å²) < 4.78 is 2.16. The van der Waals surface area contributed by atoms with Crippen molar-refractivity contribution in [3.63, 3.8) is 0 Å². The number of nitrogens with zero attached hydrogens (tertiary/aromatic N) is 2. The Balaban J connectivity index is 1.50. The van der Waals surface area contributed by atoms with Crippen LogP contribution in [0.3, 0.4) is 0 Å². The summed E-state index contributed by atoms with van der Waals surface area (Å²) in [6, 6.07) is 23.9. The van der Waals surface area contributed by atoms with Crippen molar-refractivity contribution in [2.24, 2.45) is 0 Å². The van der Waals surface area contributed by atoms with E-state index in [1.165, 1.54) is 0 Å². The number of hydrogen-bond donors (Lipinski definition) is 2. The molecule has 146 valence electrons. The van der Waals surface area contributed by atoms with E-state index in [1.54, 1.807) is 0 Å². The van der Waals surface area contributed by atoms with E-state index in [2.05, 4.69) is 33.4 Å². The number of carbonyl (C=O) groups excluding carboxylic acids is 1. The number of benzene rings is 3. The molecule has 0 saturated heterocycles. The van der Waals surface area contributed by atoms with Gasteiger partial charge in [0.1, 0.15) is 5.82 Å². The molecule has 1 aromatic heterocycles. The average Bonchev–Trinajstić information content (AvgIpc) is 3.11.